The van der Waals surface area contributed by atoms with Gasteiger partial charge in [0.15, 0.2) is 0 Å². The fourth-order valence-electron chi connectivity index (χ4n) is 1.05. The van der Waals surface area contributed by atoms with Crippen LogP contribution in [0.25, 0.3) is 0 Å². The zero-order valence-electron chi connectivity index (χ0n) is 4.49. The van der Waals surface area contributed by atoms with E-state index in [1.807, 2.05) is 0 Å². The third kappa shape index (κ3) is 2.04. The van der Waals surface area contributed by atoms with Gasteiger partial charge in [-0.2, -0.15) is 0 Å². The Balaban J connectivity index is 2.12. The van der Waals surface area contributed by atoms with Gasteiger partial charge in [0.25, 0.3) is 0 Å². The molecule has 0 aliphatic carbocycles. The second-order valence-corrected chi connectivity index (χ2v) is 6.44. The van der Waals surface area contributed by atoms with Crippen molar-refractivity contribution in [1.29, 1.82) is 0 Å². The van der Waals surface area contributed by atoms with E-state index >= 15 is 0 Å². The monoisotopic (exact) mass is 132 g/mol. The Kier molecular flexibility index (Phi) is 2.53. The summed E-state index contributed by atoms with van der Waals surface area (Å²) in [6.07, 6.45) is 4.27. The maximum atomic E-state index is 5.96. The molecule has 0 spiro atoms. The Bertz CT molecular complexity index is 50.0. The molecule has 1 aliphatic heterocycles. The minimum Gasteiger partial charge on any atom is -0.261 e. The van der Waals surface area contributed by atoms with Gasteiger partial charge in [0, 0.05) is 0 Å². The first kappa shape index (κ1) is 5.95. The van der Waals surface area contributed by atoms with Gasteiger partial charge in [0.1, 0.15) is 0 Å². The largest absolute Gasteiger partial charge is 0.399 e. The first-order valence-electron chi connectivity index (χ1n) is 3.03. The van der Waals surface area contributed by atoms with Gasteiger partial charge in [-0.3, -0.25) is 10.0 Å². The number of rotatable bonds is 0. The van der Waals surface area contributed by atoms with Crippen LogP contribution in [-0.2, 0) is 0 Å². The zero-order valence-corrected chi connectivity index (χ0v) is 6.40. The topological polar surface area (TPSA) is 0 Å². The van der Waals surface area contributed by atoms with Gasteiger partial charge in [0.05, 0.1) is 0 Å². The highest BCUT2D eigenvalue weighted by Gasteiger charge is 2.16. The molecule has 2 heteroatoms. The lowest BCUT2D eigenvalue weighted by Crippen LogP contribution is -2.06. The van der Waals surface area contributed by atoms with Crippen molar-refractivity contribution in [1.82, 2.24) is 0 Å². The highest BCUT2D eigenvalue weighted by atomic mass is 35.6. The maximum absolute atomic E-state index is 5.96. The minimum atomic E-state index is -0.622. The summed E-state index contributed by atoms with van der Waals surface area (Å²) in [6.45, 7) is 0. The molecule has 0 unspecified atom stereocenters. The second-order valence-electron chi connectivity index (χ2n) is 2.24. The first-order valence-corrected chi connectivity index (χ1v) is 6.41. The predicted molar refractivity (Wildman–Crippen MR) is 35.1 cm³/mol. The molecular weight excluding hydrogens is 122 g/mol. The van der Waals surface area contributed by atoms with Crippen molar-refractivity contribution in [2.24, 2.45) is 0 Å². The van der Waals surface area contributed by atoms with Gasteiger partial charge in [-0.25, -0.2) is 0 Å². The van der Waals surface area contributed by atoms with E-state index in [2.05, 4.69) is 0 Å². The number of halogens is 1. The van der Waals surface area contributed by atoms with Crippen molar-refractivity contribution < 1.29 is 0 Å². The Morgan fingerprint density at radius 1 is 1.00 bits per heavy atom. The fourth-order valence-corrected chi connectivity index (χ4v) is 3.73. The molecule has 1 saturated heterocycles. The average molecular weight is 133 g/mol. The molecule has 0 radical (unpaired) electrons. The Labute approximate surface area is 53.5 Å². The predicted octanol–water partition coefficient (Wildman–Crippen LogP) is 2.40. The van der Waals surface area contributed by atoms with Gasteiger partial charge >= 0.3 is 13.2 Å². The maximum Gasteiger partial charge on any atom is 0.399 e. The molecule has 1 aliphatic rings. The highest BCUT2D eigenvalue weighted by molar-refractivity contribution is 7.06. The molecule has 1 heterocycles. The van der Waals surface area contributed by atoms with Crippen LogP contribution < -0.4 is 0 Å². The van der Waals surface area contributed by atoms with Gasteiger partial charge < -0.3 is 0 Å². The van der Waals surface area contributed by atoms with Crippen molar-refractivity contribution in [3.63, 3.8) is 0 Å². The van der Waals surface area contributed by atoms with Crippen molar-refractivity contribution >= 4 is 23.3 Å². The van der Waals surface area contributed by atoms with Crippen LogP contribution in [0.2, 0.25) is 10.6 Å². The molecule has 1 fully saturated rings. The van der Waals surface area contributed by atoms with E-state index in [-0.39, 0.29) is 0 Å². The van der Waals surface area contributed by atoms with E-state index in [1.165, 1.54) is 29.8 Å². The summed E-state index contributed by atoms with van der Waals surface area (Å²) in [7, 11) is 5.96. The molecule has 0 nitrogen and oxygen atoms in total. The number of hydrogen-bond acceptors (Lipinski definition) is 0. The molecule has 0 atom stereocenters. The normalized spacial score (nSPS) is 22.7. The molecule has 7 heavy (non-hydrogen) atoms. The van der Waals surface area contributed by atoms with Crippen LogP contribution in [0, 0.1) is 0 Å². The molecule has 40 valence electrons. The molecule has 0 N–H and O–H groups in total. The van der Waals surface area contributed by atoms with E-state index in [0.717, 1.165) is 0 Å². The summed E-state index contributed by atoms with van der Waals surface area (Å²) >= 11 is -0.622. The number of hydrogen-bond donors (Lipinski definition) is 0. The second kappa shape index (κ2) is 2.97. The SMILES string of the molecule is [Cl][Al]1[CH2]CCC[CH2]1. The Morgan fingerprint density at radius 3 is 1.86 bits per heavy atom. The summed E-state index contributed by atoms with van der Waals surface area (Å²) in [6, 6.07) is 0. The van der Waals surface area contributed by atoms with E-state index in [9.17, 15) is 0 Å². The molecule has 0 bridgehead atoms. The standard InChI is InChI=1S/C5H10.Al.ClH/c1-3-5-4-2;;/h1-5H2;;1H/q;+1;/p-1. The first-order chi connectivity index (χ1) is 3.39. The molecular formula is C5H10AlCl. The van der Waals surface area contributed by atoms with Crippen LogP contribution >= 0.6 is 10.0 Å². The molecule has 1 rings (SSSR count). The summed E-state index contributed by atoms with van der Waals surface area (Å²) in [5.74, 6) is 0. The van der Waals surface area contributed by atoms with Crippen molar-refractivity contribution in [2.75, 3.05) is 0 Å². The zero-order chi connectivity index (χ0) is 5.11. The van der Waals surface area contributed by atoms with Crippen LogP contribution in [-0.4, -0.2) is 13.2 Å². The van der Waals surface area contributed by atoms with Crippen molar-refractivity contribution in [3.05, 3.63) is 0 Å². The quantitative estimate of drug-likeness (QED) is 0.444. The van der Waals surface area contributed by atoms with Crippen LogP contribution in [0.3, 0.4) is 0 Å². The lowest BCUT2D eigenvalue weighted by atomic mass is 10.3. The summed E-state index contributed by atoms with van der Waals surface area (Å²) in [5, 5.41) is 2.78. The third-order valence-corrected chi connectivity index (χ3v) is 4.91. The van der Waals surface area contributed by atoms with Crippen LogP contribution in [0.1, 0.15) is 19.3 Å². The molecule has 0 amide bonds. The summed E-state index contributed by atoms with van der Waals surface area (Å²) < 4.78 is 0. The van der Waals surface area contributed by atoms with Crippen molar-refractivity contribution in [3.8, 4) is 0 Å². The smallest absolute Gasteiger partial charge is 0.261 e. The lowest BCUT2D eigenvalue weighted by molar-refractivity contribution is 0.731. The molecule has 0 aromatic carbocycles. The summed E-state index contributed by atoms with van der Waals surface area (Å²) in [4.78, 5) is 0. The van der Waals surface area contributed by atoms with Gasteiger partial charge in [-0.1, -0.05) is 29.8 Å². The molecule has 0 aromatic heterocycles. The van der Waals surface area contributed by atoms with Gasteiger partial charge in [0.2, 0.25) is 0 Å². The highest BCUT2D eigenvalue weighted by Crippen LogP contribution is 2.20. The van der Waals surface area contributed by atoms with Crippen LogP contribution in [0.15, 0.2) is 0 Å². The van der Waals surface area contributed by atoms with E-state index in [0.29, 0.717) is 0 Å². The Morgan fingerprint density at radius 2 is 1.57 bits per heavy atom. The van der Waals surface area contributed by atoms with Gasteiger partial charge in [-0.05, 0) is 0 Å². The van der Waals surface area contributed by atoms with Crippen LogP contribution in [0.4, 0.5) is 0 Å². The summed E-state index contributed by atoms with van der Waals surface area (Å²) in [5.41, 5.74) is 0. The minimum absolute atomic E-state index is 0.622. The van der Waals surface area contributed by atoms with E-state index in [1.54, 1.807) is 0 Å². The molecule has 0 aromatic rings. The van der Waals surface area contributed by atoms with Crippen molar-refractivity contribution in [2.45, 2.75) is 29.8 Å². The third-order valence-electron chi connectivity index (χ3n) is 1.53. The lowest BCUT2D eigenvalue weighted by Gasteiger charge is -2.08. The Hall–Kier alpha value is 0.822. The fraction of sp³-hybridized carbons (Fsp3) is 1.00. The van der Waals surface area contributed by atoms with E-state index in [4.69, 9.17) is 10.0 Å². The van der Waals surface area contributed by atoms with E-state index < -0.39 is 13.2 Å². The molecule has 0 saturated carbocycles. The average Bonchev–Trinajstić information content (AvgIpc) is 1.69. The van der Waals surface area contributed by atoms with Gasteiger partial charge in [-0.15, -0.1) is 0 Å². The van der Waals surface area contributed by atoms with Crippen LogP contribution in [0.5, 0.6) is 0 Å².